The third-order valence-corrected chi connectivity index (χ3v) is 4.44. The molecule has 1 aliphatic rings. The van der Waals surface area contributed by atoms with Crippen molar-refractivity contribution in [3.05, 3.63) is 29.6 Å². The fourth-order valence-corrected chi connectivity index (χ4v) is 3.29. The lowest BCUT2D eigenvalue weighted by Crippen LogP contribution is -2.35. The Morgan fingerprint density at radius 1 is 1.50 bits per heavy atom. The van der Waals surface area contributed by atoms with Crippen LogP contribution in [-0.4, -0.2) is 31.2 Å². The first-order valence-electron chi connectivity index (χ1n) is 6.43. The molecule has 1 fully saturated rings. The van der Waals surface area contributed by atoms with Crippen LogP contribution in [0.1, 0.15) is 18.4 Å². The highest BCUT2D eigenvalue weighted by Crippen LogP contribution is 2.19. The first-order valence-corrected chi connectivity index (χ1v) is 7.58. The molecule has 0 spiro atoms. The number of hydrogen-bond donors (Lipinski definition) is 1. The third kappa shape index (κ3) is 3.89. The van der Waals surface area contributed by atoms with Crippen LogP contribution in [-0.2, 0) is 6.42 Å². The zero-order chi connectivity index (χ0) is 12.8. The molecule has 2 rings (SSSR count). The van der Waals surface area contributed by atoms with Crippen LogP contribution in [0, 0.1) is 5.82 Å². The molecule has 0 aliphatic carbocycles. The highest BCUT2D eigenvalue weighted by Gasteiger charge is 2.12. The summed E-state index contributed by atoms with van der Waals surface area (Å²) in [6.45, 7) is 0.944. The van der Waals surface area contributed by atoms with Crippen LogP contribution in [0.5, 0.6) is 5.75 Å². The summed E-state index contributed by atoms with van der Waals surface area (Å²) in [7, 11) is 1.50. The molecule has 1 heterocycles. The molecule has 1 N–H and O–H groups in total. The van der Waals surface area contributed by atoms with Crippen molar-refractivity contribution < 1.29 is 9.13 Å². The Bertz CT molecular complexity index is 380. The average Bonchev–Trinajstić information content (AvgIpc) is 2.42. The Morgan fingerprint density at radius 2 is 2.39 bits per heavy atom. The zero-order valence-corrected chi connectivity index (χ0v) is 11.6. The lowest BCUT2D eigenvalue weighted by Gasteiger charge is -2.22. The van der Waals surface area contributed by atoms with E-state index in [-0.39, 0.29) is 5.82 Å². The van der Waals surface area contributed by atoms with Crippen molar-refractivity contribution in [2.75, 3.05) is 25.2 Å². The summed E-state index contributed by atoms with van der Waals surface area (Å²) in [5.74, 6) is 2.55. The Kier molecular flexibility index (Phi) is 5.32. The molecule has 100 valence electrons. The predicted molar refractivity (Wildman–Crippen MR) is 75.0 cm³/mol. The van der Waals surface area contributed by atoms with Gasteiger partial charge in [0.25, 0.3) is 0 Å². The fourth-order valence-electron chi connectivity index (χ4n) is 2.18. The van der Waals surface area contributed by atoms with Gasteiger partial charge >= 0.3 is 0 Å². The van der Waals surface area contributed by atoms with Crippen LogP contribution < -0.4 is 10.1 Å². The van der Waals surface area contributed by atoms with Gasteiger partial charge in [0.2, 0.25) is 0 Å². The minimum atomic E-state index is -0.294. The molecule has 1 aliphatic heterocycles. The van der Waals surface area contributed by atoms with Crippen LogP contribution in [0.25, 0.3) is 0 Å². The molecule has 0 aromatic heterocycles. The second-order valence-electron chi connectivity index (χ2n) is 4.59. The summed E-state index contributed by atoms with van der Waals surface area (Å²) in [6.07, 6.45) is 3.50. The summed E-state index contributed by atoms with van der Waals surface area (Å²) in [6, 6.07) is 5.73. The number of benzene rings is 1. The van der Waals surface area contributed by atoms with Gasteiger partial charge in [0, 0.05) is 11.8 Å². The lowest BCUT2D eigenvalue weighted by molar-refractivity contribution is 0.386. The molecule has 0 bridgehead atoms. The quantitative estimate of drug-likeness (QED) is 0.888. The third-order valence-electron chi connectivity index (χ3n) is 3.22. The maximum Gasteiger partial charge on any atom is 0.165 e. The number of ether oxygens (including phenoxy) is 1. The lowest BCUT2D eigenvalue weighted by atomic mass is 10.1. The Morgan fingerprint density at radius 3 is 3.11 bits per heavy atom. The maximum atomic E-state index is 13.2. The van der Waals surface area contributed by atoms with Crippen LogP contribution >= 0.6 is 11.8 Å². The second-order valence-corrected chi connectivity index (χ2v) is 5.74. The Labute approximate surface area is 112 Å². The van der Waals surface area contributed by atoms with Gasteiger partial charge in [0.15, 0.2) is 11.6 Å². The summed E-state index contributed by atoms with van der Waals surface area (Å²) in [5, 5.41) is 3.57. The van der Waals surface area contributed by atoms with E-state index in [2.05, 4.69) is 5.32 Å². The standard InChI is InChI=1S/C14H20FNOS/c1-17-14-9-11(4-5-13(14)15)6-7-16-12-3-2-8-18-10-12/h4-5,9,12,16H,2-3,6-8,10H2,1H3/t12-/m1/s1. The van der Waals surface area contributed by atoms with Gasteiger partial charge in [-0.2, -0.15) is 11.8 Å². The number of methoxy groups -OCH3 is 1. The highest BCUT2D eigenvalue weighted by molar-refractivity contribution is 7.99. The molecule has 4 heteroatoms. The van der Waals surface area contributed by atoms with Crippen LogP contribution in [0.2, 0.25) is 0 Å². The molecule has 1 aromatic carbocycles. The molecule has 0 unspecified atom stereocenters. The zero-order valence-electron chi connectivity index (χ0n) is 10.7. The largest absolute Gasteiger partial charge is 0.494 e. The van der Waals surface area contributed by atoms with Crippen molar-refractivity contribution in [2.24, 2.45) is 0 Å². The van der Waals surface area contributed by atoms with Gasteiger partial charge in [-0.1, -0.05) is 6.07 Å². The molecular formula is C14H20FNOS. The van der Waals surface area contributed by atoms with Crippen molar-refractivity contribution in [3.8, 4) is 5.75 Å². The highest BCUT2D eigenvalue weighted by atomic mass is 32.2. The molecule has 0 saturated carbocycles. The predicted octanol–water partition coefficient (Wildman–Crippen LogP) is 2.86. The first kappa shape index (κ1) is 13.7. The van der Waals surface area contributed by atoms with E-state index in [1.807, 2.05) is 17.8 Å². The molecule has 0 radical (unpaired) electrons. The Hall–Kier alpha value is -0.740. The van der Waals surface area contributed by atoms with Gasteiger partial charge in [-0.25, -0.2) is 4.39 Å². The maximum absolute atomic E-state index is 13.2. The van der Waals surface area contributed by atoms with Gasteiger partial charge in [0.05, 0.1) is 7.11 Å². The fraction of sp³-hybridized carbons (Fsp3) is 0.571. The van der Waals surface area contributed by atoms with Gasteiger partial charge in [0.1, 0.15) is 0 Å². The molecule has 18 heavy (non-hydrogen) atoms. The summed E-state index contributed by atoms with van der Waals surface area (Å²) in [5.41, 5.74) is 1.12. The van der Waals surface area contributed by atoms with Crippen molar-refractivity contribution in [2.45, 2.75) is 25.3 Å². The van der Waals surface area contributed by atoms with Crippen molar-refractivity contribution in [1.82, 2.24) is 5.32 Å². The van der Waals surface area contributed by atoms with Crippen LogP contribution in [0.15, 0.2) is 18.2 Å². The number of nitrogens with one attached hydrogen (secondary N) is 1. The molecule has 0 amide bonds. The van der Waals surface area contributed by atoms with Gasteiger partial charge in [-0.15, -0.1) is 0 Å². The van der Waals surface area contributed by atoms with Gasteiger partial charge in [-0.3, -0.25) is 0 Å². The second kappa shape index (κ2) is 7.00. The van der Waals surface area contributed by atoms with E-state index in [9.17, 15) is 4.39 Å². The molecule has 1 saturated heterocycles. The number of rotatable bonds is 5. The van der Waals surface area contributed by atoms with E-state index >= 15 is 0 Å². The smallest absolute Gasteiger partial charge is 0.165 e. The van der Waals surface area contributed by atoms with E-state index < -0.39 is 0 Å². The molecule has 2 nitrogen and oxygen atoms in total. The summed E-state index contributed by atoms with van der Waals surface area (Å²) >= 11 is 2.03. The van der Waals surface area contributed by atoms with Crippen molar-refractivity contribution >= 4 is 11.8 Å². The minimum Gasteiger partial charge on any atom is -0.494 e. The minimum absolute atomic E-state index is 0.294. The summed E-state index contributed by atoms with van der Waals surface area (Å²) in [4.78, 5) is 0. The van der Waals surface area contributed by atoms with E-state index in [0.717, 1.165) is 18.5 Å². The Balaban J connectivity index is 1.79. The van der Waals surface area contributed by atoms with E-state index in [1.165, 1.54) is 37.5 Å². The topological polar surface area (TPSA) is 21.3 Å². The van der Waals surface area contributed by atoms with Crippen molar-refractivity contribution in [3.63, 3.8) is 0 Å². The number of hydrogen-bond acceptors (Lipinski definition) is 3. The van der Waals surface area contributed by atoms with Crippen molar-refractivity contribution in [1.29, 1.82) is 0 Å². The SMILES string of the molecule is COc1cc(CCN[C@@H]2CCCSC2)ccc1F. The van der Waals surface area contributed by atoms with E-state index in [1.54, 1.807) is 6.07 Å². The molecular weight excluding hydrogens is 249 g/mol. The molecule has 1 aromatic rings. The molecule has 1 atom stereocenters. The number of thioether (sulfide) groups is 1. The number of halogens is 1. The first-order chi connectivity index (χ1) is 8.79. The normalized spacial score (nSPS) is 19.8. The van der Waals surface area contributed by atoms with Gasteiger partial charge < -0.3 is 10.1 Å². The van der Waals surface area contributed by atoms with Gasteiger partial charge in [-0.05, 0) is 49.3 Å². The monoisotopic (exact) mass is 269 g/mol. The van der Waals surface area contributed by atoms with E-state index in [0.29, 0.717) is 11.8 Å². The van der Waals surface area contributed by atoms with Crippen LogP contribution in [0.3, 0.4) is 0 Å². The average molecular weight is 269 g/mol. The van der Waals surface area contributed by atoms with E-state index in [4.69, 9.17) is 4.74 Å². The summed E-state index contributed by atoms with van der Waals surface area (Å²) < 4.78 is 18.2. The van der Waals surface area contributed by atoms with Crippen LogP contribution in [0.4, 0.5) is 4.39 Å².